The third kappa shape index (κ3) is 4.25. The molecule has 0 aromatic heterocycles. The first-order chi connectivity index (χ1) is 14.0. The maximum absolute atomic E-state index is 13.2. The normalized spacial score (nSPS) is 15.9. The second-order valence-electron chi connectivity index (χ2n) is 6.70. The van der Waals surface area contributed by atoms with E-state index in [1.54, 1.807) is 60.7 Å². The predicted molar refractivity (Wildman–Crippen MR) is 112 cm³/mol. The average Bonchev–Trinajstić information content (AvgIpc) is 2.74. The molecule has 1 heterocycles. The summed E-state index contributed by atoms with van der Waals surface area (Å²) in [7, 11) is -3.72. The lowest BCUT2D eigenvalue weighted by Crippen LogP contribution is -2.49. The molecular weight excluding hydrogens is 388 g/mol. The molecule has 1 amide bonds. The number of carbonyl (C=O) groups is 1. The van der Waals surface area contributed by atoms with Crippen molar-refractivity contribution in [3.8, 4) is 5.75 Å². The van der Waals surface area contributed by atoms with E-state index in [1.165, 1.54) is 4.31 Å². The highest BCUT2D eigenvalue weighted by Gasteiger charge is 2.36. The van der Waals surface area contributed by atoms with Crippen LogP contribution < -0.4 is 14.4 Å². The summed E-state index contributed by atoms with van der Waals surface area (Å²) in [6.45, 7) is -0.0924. The van der Waals surface area contributed by atoms with E-state index in [1.807, 2.05) is 24.3 Å². The molecule has 1 N–H and O–H groups in total. The fourth-order valence-electron chi connectivity index (χ4n) is 3.21. The zero-order valence-electron chi connectivity index (χ0n) is 15.6. The number of rotatable bonds is 5. The molecule has 3 aromatic rings. The number of hydrogen-bond donors (Lipinski definition) is 1. The van der Waals surface area contributed by atoms with Crippen molar-refractivity contribution < 1.29 is 17.9 Å². The molecule has 1 aliphatic rings. The summed E-state index contributed by atoms with van der Waals surface area (Å²) >= 11 is 0. The molecule has 0 saturated heterocycles. The van der Waals surface area contributed by atoms with Gasteiger partial charge in [-0.1, -0.05) is 60.7 Å². The number of amides is 1. The molecule has 0 fully saturated rings. The van der Waals surface area contributed by atoms with Crippen LogP contribution in [-0.4, -0.2) is 27.0 Å². The number of sulfonamides is 1. The van der Waals surface area contributed by atoms with Crippen molar-refractivity contribution in [1.29, 1.82) is 0 Å². The smallest absolute Gasteiger partial charge is 0.267 e. The average molecular weight is 408 g/mol. The lowest BCUT2D eigenvalue weighted by atomic mass is 10.2. The number of benzene rings is 3. The van der Waals surface area contributed by atoms with E-state index in [0.29, 0.717) is 22.7 Å². The Morgan fingerprint density at radius 3 is 2.28 bits per heavy atom. The van der Waals surface area contributed by atoms with Gasteiger partial charge in [0.25, 0.3) is 5.91 Å². The minimum atomic E-state index is -3.72. The minimum Gasteiger partial charge on any atom is -0.476 e. The van der Waals surface area contributed by atoms with Crippen molar-refractivity contribution in [3.63, 3.8) is 0 Å². The van der Waals surface area contributed by atoms with E-state index in [-0.39, 0.29) is 12.3 Å². The van der Waals surface area contributed by atoms with Crippen LogP contribution in [0.4, 0.5) is 11.4 Å². The second-order valence-corrected chi connectivity index (χ2v) is 8.60. The van der Waals surface area contributed by atoms with Gasteiger partial charge in [-0.05, 0) is 29.8 Å². The Bertz CT molecular complexity index is 1100. The Morgan fingerprint density at radius 1 is 0.931 bits per heavy atom. The van der Waals surface area contributed by atoms with Crippen LogP contribution in [0.15, 0.2) is 84.9 Å². The predicted octanol–water partition coefficient (Wildman–Crippen LogP) is 3.42. The van der Waals surface area contributed by atoms with Gasteiger partial charge in [0.05, 0.1) is 18.0 Å². The van der Waals surface area contributed by atoms with E-state index in [2.05, 4.69) is 5.32 Å². The highest BCUT2D eigenvalue weighted by Crippen LogP contribution is 2.36. The van der Waals surface area contributed by atoms with Gasteiger partial charge in [-0.2, -0.15) is 0 Å². The maximum Gasteiger partial charge on any atom is 0.267 e. The van der Waals surface area contributed by atoms with Crippen LogP contribution in [0.3, 0.4) is 0 Å². The Morgan fingerprint density at radius 2 is 1.55 bits per heavy atom. The fourth-order valence-corrected chi connectivity index (χ4v) is 4.79. The lowest BCUT2D eigenvalue weighted by Gasteiger charge is -2.34. The van der Waals surface area contributed by atoms with E-state index in [4.69, 9.17) is 4.74 Å². The van der Waals surface area contributed by atoms with Crippen molar-refractivity contribution in [2.45, 2.75) is 11.9 Å². The van der Waals surface area contributed by atoms with E-state index in [0.717, 1.165) is 0 Å². The molecule has 1 aliphatic heterocycles. The number of carbonyl (C=O) groups excluding carboxylic acids is 1. The van der Waals surface area contributed by atoms with Crippen LogP contribution in [0.5, 0.6) is 5.75 Å². The molecule has 4 rings (SSSR count). The molecule has 6 nitrogen and oxygen atoms in total. The lowest BCUT2D eigenvalue weighted by molar-refractivity contribution is -0.122. The van der Waals surface area contributed by atoms with Crippen molar-refractivity contribution in [2.75, 3.05) is 16.2 Å². The maximum atomic E-state index is 13.2. The molecule has 1 atom stereocenters. The molecule has 29 heavy (non-hydrogen) atoms. The Hall–Kier alpha value is -3.32. The van der Waals surface area contributed by atoms with E-state index >= 15 is 0 Å². The summed E-state index contributed by atoms with van der Waals surface area (Å²) in [5, 5.41) is 2.78. The SMILES string of the molecule is O=C(Nc1ccccc1)[C@@H]1CN(S(=O)(=O)Cc2ccccc2)c2ccccc2O1. The van der Waals surface area contributed by atoms with Crippen molar-refractivity contribution in [2.24, 2.45) is 0 Å². The third-order valence-electron chi connectivity index (χ3n) is 4.60. The Kier molecular flexibility index (Phi) is 5.22. The molecule has 0 aliphatic carbocycles. The summed E-state index contributed by atoms with van der Waals surface area (Å²) in [6.07, 6.45) is -0.962. The monoisotopic (exact) mass is 408 g/mol. The van der Waals surface area contributed by atoms with Crippen LogP contribution in [0, 0.1) is 0 Å². The van der Waals surface area contributed by atoms with Crippen LogP contribution in [0.1, 0.15) is 5.56 Å². The first-order valence-corrected chi connectivity index (χ1v) is 10.8. The number of ether oxygens (including phenoxy) is 1. The summed E-state index contributed by atoms with van der Waals surface area (Å²) in [6, 6.07) is 24.8. The number of nitrogens with zero attached hydrogens (tertiary/aromatic N) is 1. The van der Waals surface area contributed by atoms with Crippen LogP contribution in [-0.2, 0) is 20.6 Å². The number of para-hydroxylation sites is 3. The van der Waals surface area contributed by atoms with Crippen LogP contribution >= 0.6 is 0 Å². The summed E-state index contributed by atoms with van der Waals surface area (Å²) in [5.41, 5.74) is 1.74. The van der Waals surface area contributed by atoms with Crippen LogP contribution in [0.2, 0.25) is 0 Å². The zero-order chi connectivity index (χ0) is 20.3. The number of fused-ring (bicyclic) bond motifs is 1. The fraction of sp³-hybridized carbons (Fsp3) is 0.136. The largest absolute Gasteiger partial charge is 0.476 e. The Balaban J connectivity index is 1.62. The van der Waals surface area contributed by atoms with E-state index in [9.17, 15) is 13.2 Å². The van der Waals surface area contributed by atoms with Gasteiger partial charge >= 0.3 is 0 Å². The molecule has 0 bridgehead atoms. The number of nitrogens with one attached hydrogen (secondary N) is 1. The van der Waals surface area contributed by atoms with Gasteiger partial charge in [0.1, 0.15) is 5.75 Å². The molecule has 3 aromatic carbocycles. The quantitative estimate of drug-likeness (QED) is 0.702. The van der Waals surface area contributed by atoms with Gasteiger partial charge in [0, 0.05) is 5.69 Å². The van der Waals surface area contributed by atoms with Gasteiger partial charge in [-0.25, -0.2) is 8.42 Å². The van der Waals surface area contributed by atoms with Gasteiger partial charge in [0.2, 0.25) is 10.0 Å². The highest BCUT2D eigenvalue weighted by molar-refractivity contribution is 7.92. The topological polar surface area (TPSA) is 75.7 Å². The van der Waals surface area contributed by atoms with Crippen molar-refractivity contribution in [1.82, 2.24) is 0 Å². The van der Waals surface area contributed by atoms with Gasteiger partial charge in [-0.15, -0.1) is 0 Å². The summed E-state index contributed by atoms with van der Waals surface area (Å²) in [4.78, 5) is 12.8. The van der Waals surface area contributed by atoms with Crippen molar-refractivity contribution in [3.05, 3.63) is 90.5 Å². The second kappa shape index (κ2) is 7.97. The van der Waals surface area contributed by atoms with Gasteiger partial charge in [0.15, 0.2) is 6.10 Å². The first kappa shape index (κ1) is 19.0. The molecule has 0 spiro atoms. The number of hydrogen-bond acceptors (Lipinski definition) is 4. The Labute approximate surface area is 169 Å². The van der Waals surface area contributed by atoms with E-state index < -0.39 is 22.0 Å². The molecule has 0 radical (unpaired) electrons. The molecule has 0 unspecified atom stereocenters. The summed E-state index contributed by atoms with van der Waals surface area (Å²) < 4.78 is 33.5. The molecule has 0 saturated carbocycles. The first-order valence-electron chi connectivity index (χ1n) is 9.19. The van der Waals surface area contributed by atoms with Crippen molar-refractivity contribution >= 4 is 27.3 Å². The minimum absolute atomic E-state index is 0.0924. The third-order valence-corrected chi connectivity index (χ3v) is 6.31. The molecule has 148 valence electrons. The molecule has 7 heteroatoms. The standard InChI is InChI=1S/C22H20N2O4S/c25-22(23-18-11-5-2-6-12-18)21-15-24(19-13-7-8-14-20(19)28-21)29(26,27)16-17-9-3-1-4-10-17/h1-14,21H,15-16H2,(H,23,25)/t21-/m0/s1. The summed E-state index contributed by atoms with van der Waals surface area (Å²) in [5.74, 6) is -0.191. The van der Waals surface area contributed by atoms with Gasteiger partial charge < -0.3 is 10.1 Å². The van der Waals surface area contributed by atoms with Gasteiger partial charge in [-0.3, -0.25) is 9.10 Å². The number of anilines is 2. The van der Waals surface area contributed by atoms with Crippen LogP contribution in [0.25, 0.3) is 0 Å². The highest BCUT2D eigenvalue weighted by atomic mass is 32.2. The zero-order valence-corrected chi connectivity index (χ0v) is 16.4. The molecular formula is C22H20N2O4S.